The van der Waals surface area contributed by atoms with Gasteiger partial charge in [-0.15, -0.1) is 0 Å². The Morgan fingerprint density at radius 3 is 2.45 bits per heavy atom. The third-order valence-electron chi connectivity index (χ3n) is 3.43. The van der Waals surface area contributed by atoms with Crippen LogP contribution in [0.25, 0.3) is 0 Å². The standard InChI is InChI=1S/C19H17NOS/c1-14(2)22-19(21)20-13-17-9-4-3-7-15(17)11-12-16-8-5-6-10-18(16)20/h3-10,14H,13H2,1-2H3. The monoisotopic (exact) mass is 307 g/mol. The van der Waals surface area contributed by atoms with Gasteiger partial charge in [-0.1, -0.05) is 67.8 Å². The third-order valence-corrected chi connectivity index (χ3v) is 4.32. The number of thioether (sulfide) groups is 1. The first kappa shape index (κ1) is 14.7. The molecule has 22 heavy (non-hydrogen) atoms. The molecule has 110 valence electrons. The normalized spacial score (nSPS) is 12.6. The van der Waals surface area contributed by atoms with Crippen molar-refractivity contribution >= 4 is 22.7 Å². The number of rotatable bonds is 1. The molecule has 0 N–H and O–H groups in total. The van der Waals surface area contributed by atoms with E-state index in [-0.39, 0.29) is 10.5 Å². The van der Waals surface area contributed by atoms with E-state index in [1.54, 1.807) is 0 Å². The van der Waals surface area contributed by atoms with Crippen molar-refractivity contribution in [1.29, 1.82) is 0 Å². The summed E-state index contributed by atoms with van der Waals surface area (Å²) in [6.07, 6.45) is 0. The molecule has 0 atom stereocenters. The molecule has 0 fully saturated rings. The van der Waals surface area contributed by atoms with Gasteiger partial charge in [0.2, 0.25) is 0 Å². The van der Waals surface area contributed by atoms with Crippen molar-refractivity contribution in [3.8, 4) is 11.8 Å². The summed E-state index contributed by atoms with van der Waals surface area (Å²) in [6, 6.07) is 15.9. The molecule has 3 rings (SSSR count). The number of benzene rings is 2. The molecule has 0 aliphatic carbocycles. The highest BCUT2D eigenvalue weighted by Gasteiger charge is 2.22. The first-order valence-corrected chi connectivity index (χ1v) is 8.20. The molecule has 2 aromatic rings. The number of carbonyl (C=O) groups excluding carboxylic acids is 1. The summed E-state index contributed by atoms with van der Waals surface area (Å²) in [5.41, 5.74) is 3.86. The van der Waals surface area contributed by atoms with Crippen LogP contribution in [0.4, 0.5) is 10.5 Å². The molecule has 1 aliphatic rings. The molecule has 0 saturated carbocycles. The Hall–Kier alpha value is -2.18. The molecule has 3 heteroatoms. The summed E-state index contributed by atoms with van der Waals surface area (Å²) in [4.78, 5) is 14.5. The van der Waals surface area contributed by atoms with Crippen molar-refractivity contribution in [3.05, 3.63) is 65.2 Å². The van der Waals surface area contributed by atoms with E-state index >= 15 is 0 Å². The number of hydrogen-bond acceptors (Lipinski definition) is 2. The Labute approximate surface area is 135 Å². The minimum atomic E-state index is 0.0703. The fourth-order valence-electron chi connectivity index (χ4n) is 2.41. The molecule has 0 aromatic heterocycles. The van der Waals surface area contributed by atoms with E-state index in [1.165, 1.54) is 11.8 Å². The third kappa shape index (κ3) is 3.03. The van der Waals surface area contributed by atoms with Gasteiger partial charge in [0.1, 0.15) is 0 Å². The van der Waals surface area contributed by atoms with Gasteiger partial charge in [0.25, 0.3) is 5.24 Å². The maximum Gasteiger partial charge on any atom is 0.286 e. The highest BCUT2D eigenvalue weighted by Crippen LogP contribution is 2.29. The second-order valence-corrected chi connectivity index (χ2v) is 6.97. The molecule has 2 aromatic carbocycles. The van der Waals surface area contributed by atoms with Crippen molar-refractivity contribution < 1.29 is 4.79 Å². The summed E-state index contributed by atoms with van der Waals surface area (Å²) < 4.78 is 0. The Bertz CT molecular complexity index is 770. The lowest BCUT2D eigenvalue weighted by Crippen LogP contribution is -2.29. The fraction of sp³-hybridized carbons (Fsp3) is 0.211. The van der Waals surface area contributed by atoms with Gasteiger partial charge in [-0.25, -0.2) is 0 Å². The van der Waals surface area contributed by atoms with Crippen molar-refractivity contribution in [2.75, 3.05) is 4.90 Å². The zero-order valence-electron chi connectivity index (χ0n) is 12.7. The van der Waals surface area contributed by atoms with E-state index in [0.29, 0.717) is 6.54 Å². The van der Waals surface area contributed by atoms with Crippen LogP contribution in [0.3, 0.4) is 0 Å². The van der Waals surface area contributed by atoms with E-state index in [1.807, 2.05) is 67.3 Å². The molecule has 0 saturated heterocycles. The number of anilines is 1. The van der Waals surface area contributed by atoms with Crippen molar-refractivity contribution in [2.24, 2.45) is 0 Å². The Morgan fingerprint density at radius 2 is 1.68 bits per heavy atom. The molecular formula is C19H17NOS. The summed E-state index contributed by atoms with van der Waals surface area (Å²) in [5, 5.41) is 0.326. The molecular weight excluding hydrogens is 290 g/mol. The van der Waals surface area contributed by atoms with Crippen LogP contribution in [0.15, 0.2) is 48.5 Å². The number of fused-ring (bicyclic) bond motifs is 2. The Balaban J connectivity index is 2.11. The highest BCUT2D eigenvalue weighted by molar-refractivity contribution is 8.14. The second kappa shape index (κ2) is 6.29. The first-order chi connectivity index (χ1) is 10.6. The average molecular weight is 307 g/mol. The number of nitrogens with zero attached hydrogens (tertiary/aromatic N) is 1. The van der Waals surface area contributed by atoms with Crippen LogP contribution in [-0.4, -0.2) is 10.5 Å². The summed E-state index contributed by atoms with van der Waals surface area (Å²) in [7, 11) is 0. The van der Waals surface area contributed by atoms with Crippen LogP contribution in [0.1, 0.15) is 30.5 Å². The van der Waals surface area contributed by atoms with Gasteiger partial charge in [0.05, 0.1) is 12.2 Å². The van der Waals surface area contributed by atoms with Crippen LogP contribution in [0.5, 0.6) is 0 Å². The number of carbonyl (C=O) groups is 1. The molecule has 1 amide bonds. The van der Waals surface area contributed by atoms with Crippen LogP contribution in [-0.2, 0) is 6.54 Å². The van der Waals surface area contributed by atoms with Crippen LogP contribution >= 0.6 is 11.8 Å². The number of para-hydroxylation sites is 1. The molecule has 0 bridgehead atoms. The van der Waals surface area contributed by atoms with E-state index in [0.717, 1.165) is 22.4 Å². The maximum atomic E-state index is 12.7. The zero-order chi connectivity index (χ0) is 15.5. The largest absolute Gasteiger partial charge is 0.298 e. The Kier molecular flexibility index (Phi) is 4.22. The quantitative estimate of drug-likeness (QED) is 0.714. The lowest BCUT2D eigenvalue weighted by atomic mass is 10.0. The minimum absolute atomic E-state index is 0.0703. The van der Waals surface area contributed by atoms with Gasteiger partial charge in [-0.05, 0) is 23.8 Å². The second-order valence-electron chi connectivity index (χ2n) is 5.44. The zero-order valence-corrected chi connectivity index (χ0v) is 13.5. The summed E-state index contributed by atoms with van der Waals surface area (Å²) in [6.45, 7) is 4.62. The van der Waals surface area contributed by atoms with E-state index in [2.05, 4.69) is 11.8 Å². The SMILES string of the molecule is CC(C)SC(=O)N1Cc2ccccc2C#Cc2ccccc21. The van der Waals surface area contributed by atoms with E-state index in [4.69, 9.17) is 0 Å². The van der Waals surface area contributed by atoms with Gasteiger partial charge in [-0.3, -0.25) is 9.69 Å². The Morgan fingerprint density at radius 1 is 1.05 bits per heavy atom. The van der Waals surface area contributed by atoms with Crippen LogP contribution in [0.2, 0.25) is 0 Å². The fourth-order valence-corrected chi connectivity index (χ4v) is 3.11. The molecule has 2 nitrogen and oxygen atoms in total. The van der Waals surface area contributed by atoms with Crippen LogP contribution < -0.4 is 4.90 Å². The van der Waals surface area contributed by atoms with E-state index < -0.39 is 0 Å². The predicted octanol–water partition coefficient (Wildman–Crippen LogP) is 4.67. The molecule has 1 aliphatic heterocycles. The minimum Gasteiger partial charge on any atom is -0.298 e. The smallest absolute Gasteiger partial charge is 0.286 e. The number of hydrogen-bond donors (Lipinski definition) is 0. The summed E-state index contributed by atoms with van der Waals surface area (Å²) >= 11 is 1.35. The van der Waals surface area contributed by atoms with Gasteiger partial charge in [0, 0.05) is 16.4 Å². The molecule has 0 spiro atoms. The molecule has 0 radical (unpaired) electrons. The van der Waals surface area contributed by atoms with Gasteiger partial charge in [0.15, 0.2) is 0 Å². The predicted molar refractivity (Wildman–Crippen MR) is 93.2 cm³/mol. The van der Waals surface area contributed by atoms with Crippen molar-refractivity contribution in [2.45, 2.75) is 25.6 Å². The van der Waals surface area contributed by atoms with Gasteiger partial charge in [-0.2, -0.15) is 0 Å². The van der Waals surface area contributed by atoms with Gasteiger partial charge >= 0.3 is 0 Å². The van der Waals surface area contributed by atoms with E-state index in [9.17, 15) is 4.79 Å². The first-order valence-electron chi connectivity index (χ1n) is 7.32. The number of amides is 1. The lowest BCUT2D eigenvalue weighted by molar-refractivity contribution is 0.264. The van der Waals surface area contributed by atoms with Gasteiger partial charge < -0.3 is 0 Å². The lowest BCUT2D eigenvalue weighted by Gasteiger charge is -2.26. The van der Waals surface area contributed by atoms with Crippen LogP contribution in [0, 0.1) is 11.8 Å². The average Bonchev–Trinajstić information content (AvgIpc) is 2.49. The van der Waals surface area contributed by atoms with Crippen molar-refractivity contribution in [3.63, 3.8) is 0 Å². The summed E-state index contributed by atoms with van der Waals surface area (Å²) in [5.74, 6) is 6.43. The molecule has 0 unspecified atom stereocenters. The molecule has 1 heterocycles. The maximum absolute atomic E-state index is 12.7. The van der Waals surface area contributed by atoms with Crippen molar-refractivity contribution in [1.82, 2.24) is 0 Å². The highest BCUT2D eigenvalue weighted by atomic mass is 32.2. The topological polar surface area (TPSA) is 20.3 Å².